The molecule has 0 N–H and O–H groups in total. The molecule has 0 radical (unpaired) electrons. The Morgan fingerprint density at radius 2 is 1.00 bits per heavy atom. The summed E-state index contributed by atoms with van der Waals surface area (Å²) in [6.45, 7) is 44.4. The largest absolute Gasteiger partial charge is 0.358 e. The van der Waals surface area contributed by atoms with Crippen LogP contribution >= 0.6 is 131 Å². The first-order valence-corrected chi connectivity index (χ1v) is 72.9. The summed E-state index contributed by atoms with van der Waals surface area (Å²) in [7, 11) is 26.0. The molecule has 0 bridgehead atoms. The second kappa shape index (κ2) is 124. The Balaban J connectivity index is -0.000000415. The number of benzene rings is 3. The Bertz CT molecular complexity index is 4410. The third-order valence-electron chi connectivity index (χ3n) is 22.3. The molecular weight excluding hydrogens is 2570 g/mol. The van der Waals surface area contributed by atoms with Gasteiger partial charge in [-0.15, -0.1) is 29.5 Å². The van der Waals surface area contributed by atoms with Gasteiger partial charge in [0.2, 0.25) is 0 Å². The minimum Gasteiger partial charge on any atom is -0.358 e. The van der Waals surface area contributed by atoms with Crippen LogP contribution in [0.25, 0.3) is 6.08 Å². The zero-order valence-electron chi connectivity index (χ0n) is 95.5. The van der Waals surface area contributed by atoms with Crippen LogP contribution in [-0.2, 0) is 49.0 Å². The van der Waals surface area contributed by atoms with Gasteiger partial charge in [-0.2, -0.15) is 18.1 Å². The average Bonchev–Trinajstić information content (AvgIpc) is 1.64. The van der Waals surface area contributed by atoms with Crippen molar-refractivity contribution in [2.45, 2.75) is 360 Å². The molecule has 0 saturated heterocycles. The molecule has 3 aromatic carbocycles. The number of hydrogen-bond donors (Lipinski definition) is 0. The van der Waals surface area contributed by atoms with Crippen LogP contribution in [0.15, 0.2) is 298 Å². The first-order valence-electron chi connectivity index (χ1n) is 54.3. The molecule has 1 aliphatic rings. The molecular formula is C125H203O8P15U2-2. The number of allylic oxidation sites excluding steroid dienone is 32. The predicted octanol–water partition coefficient (Wildman–Crippen LogP) is 42.6. The molecule has 4 rings (SSSR count). The molecule has 26 unspecified atom stereocenters. The molecule has 3 aromatic rings. The van der Waals surface area contributed by atoms with Gasteiger partial charge in [0.05, 0.1) is 57.8 Å². The van der Waals surface area contributed by atoms with E-state index in [9.17, 15) is 0 Å². The standard InChI is InChI=1S/C23H37O2P5.C22H34OP.C21H37O2P5.C21H31OP.C20H33O2P3.C14H19.2C2H6.2U/c1-4-6-8-10-13-19(3)22(24-29-26)18-17-20-14-11-12-15-21(20)23(25-30(27)28)16-9-7-5-2;1-4-6-18-21(3)19-15-13-11-9-7-8-10-12-14-16-20-22(23-24)17-5-2;1-4-6-17-21(23-28(25)26)20(22-27-24)18-15-13-11-9-7-8-10-12-14-16-19(3)5-2;1-3-5-15-19-18-20(19)16-13-11-9-7-6-8-10-12-14-17-21(4-2)22-23;1-3-5-14-18(21-23)15-9-7-6-8-12-17-13-10-11-16-19(17)20(4-2)22-25-24;1-4-13-9-5-6-10-14(13)11-7-8-12(2)3;2*1-2;;/h8,10-12,14-15,17-19,22-23,29H,4-6,13,16,26-28H2,1-3H3;4,6-8,11-16,19-22H,1,5,9-10,17-18,24H2,2-3H3;7,9,11,13-16,18-21,27H,4-6,8,17,24-26H2,1-3H3;6-7,9,11,13-14,16-17,19-21H,3-5,8,15,18,23H2,1-2H3;6-7,9-11,13,15-16,18,20,25H,3-5,8,12,14,23-24H2,1-2H3;4-10,12H,11H2,1-3H3;2*1-2H3;;/q;-1;;;;-1;;;;/b10-8-,18-17+;6-4-,8-7-,13-11-,14-12-,19-15+,20-16+;9-7+,13-11+,16-14+,18-15+;7-6-,11-9+,16-13+,17-14+;7-6-,15-9+;8-7+;;;;. The van der Waals surface area contributed by atoms with Crippen LogP contribution in [0.2, 0.25) is 0 Å². The first-order chi connectivity index (χ1) is 72.1. The van der Waals surface area contributed by atoms with Gasteiger partial charge in [-0.1, -0.05) is 543 Å². The third-order valence-corrected chi connectivity index (χ3v) is 28.2. The SMILES string of the molecule is CC.CC.CCC#CCC(OP(P)P)c1ccccc1/C=C/C(OPP)C(C)C/C=C\CCC.CCCCC(/C=C/C=C\CCc1ccccc1C(CC)OPP)OP.CCCCC(OP(P)P)C(/C=C/C=C/C=C/CC#C/C=C/C(C)CC)OPP.CCCCC1CC1/C=C/C=C/C=C\CC#C/C=C/C(CC)OP.C[CH-]c1ccccc1C/C=C/C(C)C.[CH2-]/C=C\CC(C)/C=C/C=C\C/C=C\C/C=C\C=C\C(CCC)OP.[U].[U]. The van der Waals surface area contributed by atoms with E-state index >= 15 is 0 Å². The van der Waals surface area contributed by atoms with Crippen molar-refractivity contribution in [1.82, 2.24) is 0 Å². The summed E-state index contributed by atoms with van der Waals surface area (Å²) in [6.07, 6.45) is 114. The number of hydrogen-bond acceptors (Lipinski definition) is 8. The summed E-state index contributed by atoms with van der Waals surface area (Å²) in [5.41, 5.74) is 7.83. The van der Waals surface area contributed by atoms with E-state index in [1.54, 1.807) is 0 Å². The minimum atomic E-state index is -0.637. The Kier molecular flexibility index (Phi) is 132. The number of unbranched alkanes of at least 4 members (excludes halogenated alkanes) is 4. The summed E-state index contributed by atoms with van der Waals surface area (Å²) in [5.74, 6) is 22.8. The molecule has 150 heavy (non-hydrogen) atoms. The zero-order valence-corrected chi connectivity index (χ0v) is 120. The second-order valence-electron chi connectivity index (χ2n) is 34.9. The number of aryl methyl sites for hydroxylation is 1. The normalized spacial score (nSPS) is 15.6. The molecule has 8 nitrogen and oxygen atoms in total. The number of rotatable bonds is 67. The topological polar surface area (TPSA) is 73.8 Å². The van der Waals surface area contributed by atoms with E-state index in [0.717, 1.165) is 140 Å². The van der Waals surface area contributed by atoms with E-state index in [2.05, 4.69) is 499 Å². The van der Waals surface area contributed by atoms with Crippen molar-refractivity contribution >= 4 is 138 Å². The van der Waals surface area contributed by atoms with Gasteiger partial charge in [-0.3, -0.25) is 0 Å². The maximum atomic E-state index is 6.21. The van der Waals surface area contributed by atoms with Gasteiger partial charge >= 0.3 is 0 Å². The fraction of sp³-hybridized carbons (Fsp3) is 0.488. The zero-order chi connectivity index (χ0) is 111. The van der Waals surface area contributed by atoms with Crippen molar-refractivity contribution in [1.29, 1.82) is 0 Å². The maximum Gasteiger partial charge on any atom is 0.107 e. The van der Waals surface area contributed by atoms with Gasteiger partial charge in [0.15, 0.2) is 0 Å². The van der Waals surface area contributed by atoms with E-state index in [-0.39, 0.29) is 111 Å². The Morgan fingerprint density at radius 1 is 0.453 bits per heavy atom. The molecule has 0 heterocycles. The van der Waals surface area contributed by atoms with Gasteiger partial charge in [0, 0.05) is 142 Å². The van der Waals surface area contributed by atoms with Gasteiger partial charge in [0.1, 0.15) is 6.10 Å². The van der Waals surface area contributed by atoms with Gasteiger partial charge in [-0.05, 0) is 159 Å². The molecule has 26 atom stereocenters. The van der Waals surface area contributed by atoms with Crippen molar-refractivity contribution in [2.24, 2.45) is 35.5 Å². The Hall–Kier alpha value is -0.626. The van der Waals surface area contributed by atoms with Crippen molar-refractivity contribution in [3.05, 3.63) is 344 Å². The molecule has 0 spiro atoms. The van der Waals surface area contributed by atoms with Crippen molar-refractivity contribution in [2.75, 3.05) is 0 Å². The van der Waals surface area contributed by atoms with Crippen LogP contribution in [0.4, 0.5) is 0 Å². The predicted molar refractivity (Wildman–Crippen MR) is 714 cm³/mol. The molecule has 0 aliphatic heterocycles. The molecule has 1 aliphatic carbocycles. The Labute approximate surface area is 1000 Å². The molecule has 836 valence electrons. The Morgan fingerprint density at radius 3 is 1.56 bits per heavy atom. The van der Waals surface area contributed by atoms with Gasteiger partial charge < -0.3 is 36.2 Å². The second-order valence-corrected chi connectivity index (χ2v) is 50.8. The molecule has 0 amide bonds. The summed E-state index contributed by atoms with van der Waals surface area (Å²) < 4.78 is 45.9. The smallest absolute Gasteiger partial charge is 0.107 e. The van der Waals surface area contributed by atoms with Crippen LogP contribution < -0.4 is 0 Å². The van der Waals surface area contributed by atoms with Crippen LogP contribution in [0, 0.1) is 147 Å². The van der Waals surface area contributed by atoms with Gasteiger partial charge in [0.25, 0.3) is 0 Å². The van der Waals surface area contributed by atoms with E-state index in [4.69, 9.17) is 36.2 Å². The fourth-order valence-corrected chi connectivity index (χ4v) is 20.0. The van der Waals surface area contributed by atoms with Crippen LogP contribution in [0.3, 0.4) is 0 Å². The molecule has 1 saturated carbocycles. The van der Waals surface area contributed by atoms with Crippen molar-refractivity contribution in [3.63, 3.8) is 0 Å². The van der Waals surface area contributed by atoms with E-state index in [1.165, 1.54) is 78.3 Å². The first kappa shape index (κ1) is 160. The van der Waals surface area contributed by atoms with Crippen LogP contribution in [0.5, 0.6) is 0 Å². The van der Waals surface area contributed by atoms with E-state index in [0.29, 0.717) is 55.6 Å². The van der Waals surface area contributed by atoms with Gasteiger partial charge in [-0.25, -0.2) is 19.1 Å². The molecule has 25 heteroatoms. The van der Waals surface area contributed by atoms with E-state index in [1.807, 2.05) is 76.3 Å². The quantitative estimate of drug-likeness (QED) is 0.0182. The van der Waals surface area contributed by atoms with Crippen LogP contribution in [-0.4, -0.2) is 36.6 Å². The van der Waals surface area contributed by atoms with Crippen LogP contribution in [0.1, 0.15) is 344 Å². The minimum absolute atomic E-state index is 0. The summed E-state index contributed by atoms with van der Waals surface area (Å²) >= 11 is 0. The summed E-state index contributed by atoms with van der Waals surface area (Å²) in [5, 5.41) is 0. The molecule has 1 fully saturated rings. The summed E-state index contributed by atoms with van der Waals surface area (Å²) in [6, 6.07) is 25.6. The monoisotopic (exact) mass is 2770 g/mol. The van der Waals surface area contributed by atoms with Crippen molar-refractivity contribution < 1.29 is 98.4 Å². The molecule has 0 aromatic heterocycles. The maximum absolute atomic E-state index is 6.21. The third kappa shape index (κ3) is 99.2. The fourth-order valence-electron chi connectivity index (χ4n) is 13.7. The summed E-state index contributed by atoms with van der Waals surface area (Å²) in [4.78, 5) is 0. The van der Waals surface area contributed by atoms with E-state index < -0.39 is 15.1 Å². The average molecular weight is 2770 g/mol. The van der Waals surface area contributed by atoms with Crippen molar-refractivity contribution in [3.8, 4) is 35.5 Å².